The molecule has 0 aliphatic carbocycles. The molecule has 0 aliphatic rings. The minimum atomic E-state index is 0. The monoisotopic (exact) mass is 181 g/mol. The summed E-state index contributed by atoms with van der Waals surface area (Å²) >= 11 is 0. The van der Waals surface area contributed by atoms with E-state index in [0.717, 1.165) is 19.6 Å². The van der Waals surface area contributed by atoms with Crippen LogP contribution in [-0.4, -0.2) is 13.2 Å². The first-order valence-electron chi connectivity index (χ1n) is 4.26. The zero-order valence-corrected chi connectivity index (χ0v) is 8.38. The van der Waals surface area contributed by atoms with Crippen LogP contribution in [0.15, 0.2) is 0 Å². The summed E-state index contributed by atoms with van der Waals surface area (Å²) in [7, 11) is 0. The largest absolute Gasteiger partial charge is 0.302 e. The second kappa shape index (κ2) is 12.8. The summed E-state index contributed by atoms with van der Waals surface area (Å²) in [5.41, 5.74) is 2.92. The molecule has 0 radical (unpaired) electrons. The normalized spacial score (nSPS) is 9.27. The van der Waals surface area contributed by atoms with Gasteiger partial charge in [-0.05, 0) is 12.8 Å². The maximum absolute atomic E-state index is 5.13. The molecule has 0 aromatic carbocycles. The fraction of sp³-hybridized carbons (Fsp3) is 1.00. The Bertz CT molecular complexity index is 54.1. The van der Waals surface area contributed by atoms with E-state index >= 15 is 0 Å². The molecule has 0 atom stereocenters. The first kappa shape index (κ1) is 13.8. The number of rotatable bonds is 7. The second-order valence-electron chi connectivity index (χ2n) is 2.45. The van der Waals surface area contributed by atoms with Gasteiger partial charge in [-0.3, -0.25) is 0 Å². The lowest BCUT2D eigenvalue weighted by atomic mass is 10.3. The van der Waals surface area contributed by atoms with Gasteiger partial charge in [0.1, 0.15) is 0 Å². The van der Waals surface area contributed by atoms with Gasteiger partial charge in [-0.1, -0.05) is 26.7 Å². The number of hydroxylamine groups is 1. The summed E-state index contributed by atoms with van der Waals surface area (Å²) in [6, 6.07) is 0. The minimum Gasteiger partial charge on any atom is -0.302 e. The van der Waals surface area contributed by atoms with Crippen LogP contribution in [0.25, 0.3) is 0 Å². The number of nitrogens with one attached hydrogen (secondary N) is 1. The molecule has 70 valence electrons. The van der Waals surface area contributed by atoms with E-state index < -0.39 is 0 Å². The molecule has 0 heterocycles. The molecule has 0 bridgehead atoms. The Kier molecular flexibility index (Phi) is 16.1. The van der Waals surface area contributed by atoms with Crippen molar-refractivity contribution >= 4 is 12.4 Å². The zero-order chi connectivity index (χ0) is 7.66. The van der Waals surface area contributed by atoms with Crippen molar-refractivity contribution < 1.29 is 4.84 Å². The molecule has 2 nitrogen and oxygen atoms in total. The average Bonchev–Trinajstić information content (AvgIpc) is 1.97. The highest BCUT2D eigenvalue weighted by atomic mass is 35.5. The molecule has 0 unspecified atom stereocenters. The van der Waals surface area contributed by atoms with Crippen LogP contribution in [0.2, 0.25) is 0 Å². The molecule has 0 saturated heterocycles. The highest BCUT2D eigenvalue weighted by molar-refractivity contribution is 5.85. The highest BCUT2D eigenvalue weighted by Gasteiger charge is 1.84. The van der Waals surface area contributed by atoms with Gasteiger partial charge in [0.05, 0.1) is 6.61 Å². The summed E-state index contributed by atoms with van der Waals surface area (Å²) < 4.78 is 0. The molecule has 11 heavy (non-hydrogen) atoms. The molecule has 0 amide bonds. The predicted octanol–water partition coefficient (Wildman–Crippen LogP) is 2.53. The van der Waals surface area contributed by atoms with E-state index in [1.165, 1.54) is 19.3 Å². The van der Waals surface area contributed by atoms with Gasteiger partial charge in [0.2, 0.25) is 0 Å². The average molecular weight is 182 g/mol. The van der Waals surface area contributed by atoms with Crippen molar-refractivity contribution in [2.24, 2.45) is 0 Å². The van der Waals surface area contributed by atoms with Gasteiger partial charge < -0.3 is 4.84 Å². The van der Waals surface area contributed by atoms with Crippen molar-refractivity contribution in [3.63, 3.8) is 0 Å². The third-order valence-electron chi connectivity index (χ3n) is 1.33. The third-order valence-corrected chi connectivity index (χ3v) is 1.33. The molecule has 0 aromatic rings. The van der Waals surface area contributed by atoms with E-state index in [2.05, 4.69) is 19.3 Å². The van der Waals surface area contributed by atoms with E-state index in [1.54, 1.807) is 0 Å². The molecule has 0 rings (SSSR count). The third kappa shape index (κ3) is 13.2. The Morgan fingerprint density at radius 3 is 2.27 bits per heavy atom. The fourth-order valence-corrected chi connectivity index (χ4v) is 0.610. The van der Waals surface area contributed by atoms with Crippen molar-refractivity contribution in [3.8, 4) is 0 Å². The van der Waals surface area contributed by atoms with E-state index in [0.29, 0.717) is 0 Å². The fourth-order valence-electron chi connectivity index (χ4n) is 0.610. The SMILES string of the molecule is CCCCNOCCCC.Cl. The first-order valence-corrected chi connectivity index (χ1v) is 4.26. The summed E-state index contributed by atoms with van der Waals surface area (Å²) in [5.74, 6) is 0. The van der Waals surface area contributed by atoms with Crippen LogP contribution in [0.1, 0.15) is 39.5 Å². The van der Waals surface area contributed by atoms with E-state index in [9.17, 15) is 0 Å². The van der Waals surface area contributed by atoms with Crippen molar-refractivity contribution in [1.82, 2.24) is 5.48 Å². The van der Waals surface area contributed by atoms with Gasteiger partial charge in [0, 0.05) is 6.54 Å². The van der Waals surface area contributed by atoms with Crippen molar-refractivity contribution in [2.75, 3.05) is 13.2 Å². The summed E-state index contributed by atoms with van der Waals surface area (Å²) in [4.78, 5) is 5.13. The van der Waals surface area contributed by atoms with E-state index in [1.807, 2.05) is 0 Å². The minimum absolute atomic E-state index is 0. The second-order valence-corrected chi connectivity index (χ2v) is 2.45. The summed E-state index contributed by atoms with van der Waals surface area (Å²) in [6.45, 7) is 6.17. The Morgan fingerprint density at radius 1 is 1.09 bits per heavy atom. The van der Waals surface area contributed by atoms with Crippen LogP contribution < -0.4 is 5.48 Å². The smallest absolute Gasteiger partial charge is 0.0682 e. The maximum atomic E-state index is 5.13. The van der Waals surface area contributed by atoms with Gasteiger partial charge >= 0.3 is 0 Å². The number of hydrogen-bond donors (Lipinski definition) is 1. The van der Waals surface area contributed by atoms with Gasteiger partial charge in [-0.15, -0.1) is 12.4 Å². The van der Waals surface area contributed by atoms with E-state index in [-0.39, 0.29) is 12.4 Å². The molecular formula is C8H20ClNO. The highest BCUT2D eigenvalue weighted by Crippen LogP contribution is 1.86. The van der Waals surface area contributed by atoms with E-state index in [4.69, 9.17) is 4.84 Å². The predicted molar refractivity (Wildman–Crippen MR) is 51.0 cm³/mol. The molecule has 0 spiro atoms. The van der Waals surface area contributed by atoms with Crippen LogP contribution in [0, 0.1) is 0 Å². The number of hydrogen-bond acceptors (Lipinski definition) is 2. The Balaban J connectivity index is 0. The van der Waals surface area contributed by atoms with Crippen LogP contribution in [0.4, 0.5) is 0 Å². The molecular weight excluding hydrogens is 162 g/mol. The molecule has 0 aliphatic heterocycles. The maximum Gasteiger partial charge on any atom is 0.0682 e. The van der Waals surface area contributed by atoms with Gasteiger partial charge in [0.15, 0.2) is 0 Å². The molecule has 0 saturated carbocycles. The number of halogens is 1. The lowest BCUT2D eigenvalue weighted by Gasteiger charge is -2.02. The van der Waals surface area contributed by atoms with Crippen molar-refractivity contribution in [3.05, 3.63) is 0 Å². The summed E-state index contributed by atoms with van der Waals surface area (Å²) in [6.07, 6.45) is 4.78. The Labute approximate surface area is 76.1 Å². The Morgan fingerprint density at radius 2 is 1.73 bits per heavy atom. The molecule has 1 N–H and O–H groups in total. The lowest BCUT2D eigenvalue weighted by molar-refractivity contribution is 0.0387. The Hall–Kier alpha value is 0.210. The van der Waals surface area contributed by atoms with Crippen LogP contribution in [-0.2, 0) is 4.84 Å². The van der Waals surface area contributed by atoms with Crippen molar-refractivity contribution in [2.45, 2.75) is 39.5 Å². The van der Waals surface area contributed by atoms with Crippen LogP contribution in [0.3, 0.4) is 0 Å². The molecule has 3 heteroatoms. The topological polar surface area (TPSA) is 21.3 Å². The van der Waals surface area contributed by atoms with Gasteiger partial charge in [-0.2, -0.15) is 0 Å². The quantitative estimate of drug-likeness (QED) is 0.482. The van der Waals surface area contributed by atoms with Crippen LogP contribution >= 0.6 is 12.4 Å². The zero-order valence-electron chi connectivity index (χ0n) is 7.56. The van der Waals surface area contributed by atoms with Crippen LogP contribution in [0.5, 0.6) is 0 Å². The van der Waals surface area contributed by atoms with Gasteiger partial charge in [0.25, 0.3) is 0 Å². The lowest BCUT2D eigenvalue weighted by Crippen LogP contribution is -2.16. The molecule has 0 fully saturated rings. The summed E-state index contributed by atoms with van der Waals surface area (Å²) in [5, 5.41) is 0. The molecule has 0 aromatic heterocycles. The standard InChI is InChI=1S/C8H19NO.ClH/c1-3-5-7-9-10-8-6-4-2;/h9H,3-8H2,1-2H3;1H. The van der Waals surface area contributed by atoms with Crippen molar-refractivity contribution in [1.29, 1.82) is 0 Å². The first-order chi connectivity index (χ1) is 4.91. The number of unbranched alkanes of at least 4 members (excludes halogenated alkanes) is 2. The van der Waals surface area contributed by atoms with Gasteiger partial charge in [-0.25, -0.2) is 5.48 Å².